The van der Waals surface area contributed by atoms with Crippen LogP contribution in [0, 0.1) is 52.2 Å². The van der Waals surface area contributed by atoms with Crippen molar-refractivity contribution >= 4 is 37.3 Å². The predicted molar refractivity (Wildman–Crippen MR) is 118 cm³/mol. The van der Waals surface area contributed by atoms with Gasteiger partial charge in [-0.25, -0.2) is 0 Å². The Morgan fingerprint density at radius 2 is 1.83 bits per heavy atom. The summed E-state index contributed by atoms with van der Waals surface area (Å²) in [7, 11) is -3.84. The van der Waals surface area contributed by atoms with Gasteiger partial charge in [-0.2, -0.15) is 8.42 Å². The van der Waals surface area contributed by atoms with Gasteiger partial charge in [0.15, 0.2) is 0 Å². The standard InChI is InChI=1S/C22H31ClO5S2/c1-21-8-6-16-15-7-9-22(25,10-11-23)12-14(15)2-3-17(16)18(21)4-5-19(21)20(24)13-29-30(26,27)28/h14-19,25H,2-9,12-13H2,1H3,(H,26,27,28). The van der Waals surface area contributed by atoms with Crippen LogP contribution in [0.5, 0.6) is 0 Å². The lowest BCUT2D eigenvalue weighted by Gasteiger charge is -2.56. The molecule has 2 N–H and O–H groups in total. The molecule has 0 spiro atoms. The van der Waals surface area contributed by atoms with Crippen LogP contribution >= 0.6 is 22.4 Å². The van der Waals surface area contributed by atoms with Gasteiger partial charge in [0.25, 0.3) is 0 Å². The molecule has 0 aromatic rings. The van der Waals surface area contributed by atoms with Crippen LogP contribution in [0.4, 0.5) is 0 Å². The summed E-state index contributed by atoms with van der Waals surface area (Å²) in [6, 6.07) is 0. The molecule has 4 fully saturated rings. The van der Waals surface area contributed by atoms with Crippen LogP contribution in [-0.2, 0) is 13.9 Å². The minimum Gasteiger partial charge on any atom is -0.378 e. The first-order valence-electron chi connectivity index (χ1n) is 11.1. The highest BCUT2D eigenvalue weighted by Crippen LogP contribution is 2.64. The zero-order valence-corrected chi connectivity index (χ0v) is 19.7. The fourth-order valence-corrected chi connectivity index (χ4v) is 9.28. The fourth-order valence-electron chi connectivity index (χ4n) is 7.84. The van der Waals surface area contributed by atoms with E-state index in [0.29, 0.717) is 46.8 Å². The lowest BCUT2D eigenvalue weighted by Crippen LogP contribution is -2.51. The fraction of sp³-hybridized carbons (Fsp3) is 0.864. The normalized spacial score (nSPS) is 45.5. The summed E-state index contributed by atoms with van der Waals surface area (Å²) < 4.78 is 31.1. The van der Waals surface area contributed by atoms with Gasteiger partial charge in [0, 0.05) is 22.1 Å². The van der Waals surface area contributed by atoms with E-state index < -0.39 is 14.8 Å². The molecule has 4 aliphatic carbocycles. The number of carbonyl (C=O) groups excluding carboxylic acids is 1. The summed E-state index contributed by atoms with van der Waals surface area (Å²) in [5, 5.41) is 13.1. The van der Waals surface area contributed by atoms with Crippen molar-refractivity contribution in [1.82, 2.24) is 0 Å². The maximum absolute atomic E-state index is 12.8. The monoisotopic (exact) mass is 474 g/mol. The maximum Gasteiger partial charge on any atom is 0.320 e. The Labute approximate surface area is 188 Å². The van der Waals surface area contributed by atoms with E-state index in [2.05, 4.69) is 18.2 Å². The predicted octanol–water partition coefficient (Wildman–Crippen LogP) is 4.29. The molecule has 4 rings (SSSR count). The molecule has 5 nitrogen and oxygen atoms in total. The summed E-state index contributed by atoms with van der Waals surface area (Å²) >= 11 is 5.58. The Morgan fingerprint density at radius 1 is 1.10 bits per heavy atom. The van der Waals surface area contributed by atoms with E-state index in [0.717, 1.165) is 51.4 Å². The second-order valence-corrected chi connectivity index (χ2v) is 13.8. The third-order valence-corrected chi connectivity index (χ3v) is 11.1. The molecule has 0 aromatic heterocycles. The van der Waals surface area contributed by atoms with Crippen molar-refractivity contribution in [2.45, 2.75) is 70.3 Å². The number of hydrogen-bond donors (Lipinski definition) is 2. The second kappa shape index (κ2) is 8.26. The molecule has 0 bridgehead atoms. The molecule has 0 heterocycles. The Hall–Kier alpha value is -0.260. The van der Waals surface area contributed by atoms with Gasteiger partial charge in [-0.15, -0.1) is 0 Å². The highest BCUT2D eigenvalue weighted by atomic mass is 35.5. The minimum absolute atomic E-state index is 0.0304. The molecule has 4 saturated carbocycles. The molecule has 30 heavy (non-hydrogen) atoms. The Bertz CT molecular complexity index is 864. The third-order valence-electron chi connectivity index (χ3n) is 9.03. The van der Waals surface area contributed by atoms with Gasteiger partial charge < -0.3 is 5.11 Å². The SMILES string of the molecule is CC12CCC3C4CCC(O)(C#CCl)CC4CCC3C1CCC2C(=O)CSS(=O)(=O)O. The molecule has 0 aliphatic heterocycles. The van der Waals surface area contributed by atoms with Crippen molar-refractivity contribution in [3.63, 3.8) is 0 Å². The average Bonchev–Trinajstić information content (AvgIpc) is 3.02. The number of rotatable bonds is 4. The number of fused-ring (bicyclic) bond motifs is 5. The number of ketones is 1. The van der Waals surface area contributed by atoms with Crippen molar-refractivity contribution in [1.29, 1.82) is 0 Å². The van der Waals surface area contributed by atoms with Crippen molar-refractivity contribution in [3.05, 3.63) is 0 Å². The molecule has 8 atom stereocenters. The quantitative estimate of drug-likeness (QED) is 0.358. The van der Waals surface area contributed by atoms with Gasteiger partial charge in [-0.1, -0.05) is 12.8 Å². The van der Waals surface area contributed by atoms with E-state index in [1.807, 2.05) is 0 Å². The zero-order valence-electron chi connectivity index (χ0n) is 17.3. The highest BCUT2D eigenvalue weighted by Gasteiger charge is 2.58. The first-order chi connectivity index (χ1) is 14.1. The smallest absolute Gasteiger partial charge is 0.320 e. The third kappa shape index (κ3) is 4.20. The maximum atomic E-state index is 12.8. The molecule has 4 aliphatic rings. The van der Waals surface area contributed by atoms with E-state index in [9.17, 15) is 18.3 Å². The molecule has 0 aromatic carbocycles. The van der Waals surface area contributed by atoms with Crippen LogP contribution in [0.15, 0.2) is 0 Å². The summed E-state index contributed by atoms with van der Waals surface area (Å²) in [6.07, 6.45) is 8.60. The van der Waals surface area contributed by atoms with Crippen LogP contribution in [0.1, 0.15) is 64.7 Å². The van der Waals surface area contributed by atoms with Gasteiger partial charge in [-0.05, 0) is 104 Å². The van der Waals surface area contributed by atoms with E-state index in [-0.39, 0.29) is 22.9 Å². The number of aliphatic hydroxyl groups is 1. The number of Topliss-reactive ketones (excluding diaryl/α,β-unsaturated/α-hetero) is 1. The molecule has 8 heteroatoms. The van der Waals surface area contributed by atoms with Crippen LogP contribution in [-0.4, -0.2) is 35.2 Å². The van der Waals surface area contributed by atoms with Crippen LogP contribution in [0.25, 0.3) is 0 Å². The molecule has 168 valence electrons. The summed E-state index contributed by atoms with van der Waals surface area (Å²) in [6.45, 7) is 2.24. The molecule has 0 radical (unpaired) electrons. The average molecular weight is 475 g/mol. The molecule has 0 amide bonds. The van der Waals surface area contributed by atoms with Gasteiger partial charge in [-0.3, -0.25) is 9.35 Å². The summed E-state index contributed by atoms with van der Waals surface area (Å²) in [5.74, 6) is 5.41. The van der Waals surface area contributed by atoms with Crippen molar-refractivity contribution < 1.29 is 22.9 Å². The molecular weight excluding hydrogens is 444 g/mol. The second-order valence-electron chi connectivity index (χ2n) is 10.3. The first kappa shape index (κ1) is 22.9. The molecule has 0 saturated heterocycles. The van der Waals surface area contributed by atoms with Gasteiger partial charge in [0.2, 0.25) is 0 Å². The Kier molecular flexibility index (Phi) is 6.31. The van der Waals surface area contributed by atoms with Crippen molar-refractivity contribution in [3.8, 4) is 11.3 Å². The number of halogens is 1. The van der Waals surface area contributed by atoms with E-state index in [4.69, 9.17) is 16.2 Å². The van der Waals surface area contributed by atoms with Crippen LogP contribution in [0.3, 0.4) is 0 Å². The van der Waals surface area contributed by atoms with Crippen molar-refractivity contribution in [2.75, 3.05) is 5.75 Å². The lowest BCUT2D eigenvalue weighted by molar-refractivity contribution is -0.129. The highest BCUT2D eigenvalue weighted by molar-refractivity contribution is 8.70. The Balaban J connectivity index is 1.46. The minimum atomic E-state index is -4.19. The van der Waals surface area contributed by atoms with E-state index in [1.54, 1.807) is 0 Å². The molecule has 8 unspecified atom stereocenters. The van der Waals surface area contributed by atoms with Gasteiger partial charge in [0.1, 0.15) is 11.4 Å². The van der Waals surface area contributed by atoms with Gasteiger partial charge >= 0.3 is 9.15 Å². The largest absolute Gasteiger partial charge is 0.378 e. The first-order valence-corrected chi connectivity index (χ1v) is 14.4. The van der Waals surface area contributed by atoms with Crippen molar-refractivity contribution in [2.24, 2.45) is 40.9 Å². The zero-order chi connectivity index (χ0) is 21.7. The summed E-state index contributed by atoms with van der Waals surface area (Å²) in [4.78, 5) is 12.8. The number of hydrogen-bond acceptors (Lipinski definition) is 5. The molecular formula is C22H31ClO5S2. The topological polar surface area (TPSA) is 91.7 Å². The van der Waals surface area contributed by atoms with E-state index >= 15 is 0 Å². The Morgan fingerprint density at radius 3 is 2.53 bits per heavy atom. The van der Waals surface area contributed by atoms with Crippen LogP contribution in [0.2, 0.25) is 0 Å². The number of carbonyl (C=O) groups is 1. The van der Waals surface area contributed by atoms with E-state index in [1.165, 1.54) is 0 Å². The van der Waals surface area contributed by atoms with Gasteiger partial charge in [0.05, 0.1) is 5.75 Å². The summed E-state index contributed by atoms with van der Waals surface area (Å²) in [5.41, 5.74) is -1.00. The lowest BCUT2D eigenvalue weighted by atomic mass is 9.49. The van der Waals surface area contributed by atoms with Crippen LogP contribution < -0.4 is 0 Å².